The number of aromatic nitrogens is 1. The molecule has 0 saturated heterocycles. The van der Waals surface area contributed by atoms with E-state index in [1.54, 1.807) is 6.92 Å². The van der Waals surface area contributed by atoms with Crippen LogP contribution in [-0.4, -0.2) is 23.8 Å². The fourth-order valence-electron chi connectivity index (χ4n) is 2.50. The standard InChI is InChI=1S/C18H18N2O3/c1-2-22-18(21)15(19)11-12-8-9-16-14(10-12)17(23-20-16)13-6-4-3-5-7-13/h3-10,15H,2,11,19H2,1H3. The molecule has 1 heterocycles. The van der Waals surface area contributed by atoms with Crippen molar-refractivity contribution in [2.75, 3.05) is 6.61 Å². The molecule has 1 unspecified atom stereocenters. The van der Waals surface area contributed by atoms with E-state index in [1.165, 1.54) is 0 Å². The van der Waals surface area contributed by atoms with Gasteiger partial charge in [0.2, 0.25) is 0 Å². The molecular formula is C18H18N2O3. The van der Waals surface area contributed by atoms with Crippen LogP contribution >= 0.6 is 0 Å². The molecule has 0 spiro atoms. The van der Waals surface area contributed by atoms with E-state index in [9.17, 15) is 4.79 Å². The summed E-state index contributed by atoms with van der Waals surface area (Å²) in [4.78, 5) is 11.7. The fraction of sp³-hybridized carbons (Fsp3) is 0.222. The van der Waals surface area contributed by atoms with Crippen molar-refractivity contribution in [2.24, 2.45) is 5.73 Å². The van der Waals surface area contributed by atoms with Gasteiger partial charge in [0.25, 0.3) is 0 Å². The lowest BCUT2D eigenvalue weighted by molar-refractivity contribution is -0.144. The number of ether oxygens (including phenoxy) is 1. The average molecular weight is 310 g/mol. The van der Waals surface area contributed by atoms with Gasteiger partial charge in [-0.2, -0.15) is 0 Å². The Balaban J connectivity index is 1.91. The Hall–Kier alpha value is -2.66. The van der Waals surface area contributed by atoms with Crippen molar-refractivity contribution in [1.29, 1.82) is 0 Å². The number of hydrogen-bond donors (Lipinski definition) is 1. The molecule has 0 radical (unpaired) electrons. The smallest absolute Gasteiger partial charge is 0.323 e. The number of fused-ring (bicyclic) bond motifs is 1. The predicted octanol–water partition coefficient (Wildman–Crippen LogP) is 2.93. The molecule has 0 aliphatic carbocycles. The summed E-state index contributed by atoms with van der Waals surface area (Å²) < 4.78 is 10.4. The second kappa shape index (κ2) is 6.62. The summed E-state index contributed by atoms with van der Waals surface area (Å²) in [7, 11) is 0. The molecule has 5 nitrogen and oxygen atoms in total. The summed E-state index contributed by atoms with van der Waals surface area (Å²) in [5, 5.41) is 4.99. The minimum absolute atomic E-state index is 0.329. The first-order chi connectivity index (χ1) is 11.2. The highest BCUT2D eigenvalue weighted by molar-refractivity contribution is 5.92. The lowest BCUT2D eigenvalue weighted by atomic mass is 10.0. The van der Waals surface area contributed by atoms with Crippen LogP contribution in [0.5, 0.6) is 0 Å². The zero-order valence-electron chi connectivity index (χ0n) is 12.9. The van der Waals surface area contributed by atoms with Crippen LogP contribution in [0.2, 0.25) is 0 Å². The van der Waals surface area contributed by atoms with Crippen LogP contribution < -0.4 is 5.73 Å². The molecule has 2 aromatic carbocycles. The lowest BCUT2D eigenvalue weighted by Gasteiger charge is -2.10. The largest absolute Gasteiger partial charge is 0.465 e. The second-order valence-corrected chi connectivity index (χ2v) is 5.29. The van der Waals surface area contributed by atoms with Gasteiger partial charge in [-0.1, -0.05) is 41.6 Å². The Morgan fingerprint density at radius 3 is 2.78 bits per heavy atom. The zero-order chi connectivity index (χ0) is 16.2. The molecule has 3 rings (SSSR count). The van der Waals surface area contributed by atoms with Crippen molar-refractivity contribution in [1.82, 2.24) is 5.16 Å². The molecule has 118 valence electrons. The maximum Gasteiger partial charge on any atom is 0.323 e. The van der Waals surface area contributed by atoms with Gasteiger partial charge in [0, 0.05) is 10.9 Å². The number of esters is 1. The molecule has 3 aromatic rings. The maximum atomic E-state index is 11.7. The summed E-state index contributed by atoms with van der Waals surface area (Å²) in [5.74, 6) is 0.327. The third kappa shape index (κ3) is 3.24. The summed E-state index contributed by atoms with van der Waals surface area (Å²) in [6.07, 6.45) is 0.411. The summed E-state index contributed by atoms with van der Waals surface area (Å²) >= 11 is 0. The highest BCUT2D eigenvalue weighted by atomic mass is 16.5. The van der Waals surface area contributed by atoms with Crippen LogP contribution in [0.3, 0.4) is 0 Å². The van der Waals surface area contributed by atoms with Gasteiger partial charge in [-0.25, -0.2) is 0 Å². The van der Waals surface area contributed by atoms with E-state index in [4.69, 9.17) is 15.0 Å². The van der Waals surface area contributed by atoms with Gasteiger partial charge in [0.15, 0.2) is 5.76 Å². The number of nitrogens with two attached hydrogens (primary N) is 1. The summed E-state index contributed by atoms with van der Waals surface area (Å²) in [5.41, 5.74) is 8.57. The lowest BCUT2D eigenvalue weighted by Crippen LogP contribution is -2.34. The molecule has 0 fully saturated rings. The van der Waals surface area contributed by atoms with Crippen molar-refractivity contribution < 1.29 is 14.1 Å². The van der Waals surface area contributed by atoms with E-state index in [1.807, 2.05) is 48.5 Å². The van der Waals surface area contributed by atoms with Crippen LogP contribution in [0.1, 0.15) is 12.5 Å². The third-order valence-corrected chi connectivity index (χ3v) is 3.62. The van der Waals surface area contributed by atoms with E-state index in [2.05, 4.69) is 5.16 Å². The number of rotatable bonds is 5. The van der Waals surface area contributed by atoms with E-state index in [-0.39, 0.29) is 5.97 Å². The molecule has 23 heavy (non-hydrogen) atoms. The highest BCUT2D eigenvalue weighted by Gasteiger charge is 2.17. The Labute approximate surface area is 134 Å². The Morgan fingerprint density at radius 1 is 1.26 bits per heavy atom. The van der Waals surface area contributed by atoms with Crippen LogP contribution in [0.4, 0.5) is 0 Å². The van der Waals surface area contributed by atoms with Crippen molar-refractivity contribution in [3.8, 4) is 11.3 Å². The van der Waals surface area contributed by atoms with Gasteiger partial charge in [0.05, 0.1) is 6.61 Å². The Kier molecular flexibility index (Phi) is 4.39. The minimum Gasteiger partial charge on any atom is -0.465 e. The highest BCUT2D eigenvalue weighted by Crippen LogP contribution is 2.29. The third-order valence-electron chi connectivity index (χ3n) is 3.62. The molecule has 0 aliphatic rings. The molecule has 0 aliphatic heterocycles. The van der Waals surface area contributed by atoms with Gasteiger partial charge in [-0.3, -0.25) is 4.79 Å². The van der Waals surface area contributed by atoms with Gasteiger partial charge in [-0.05, 0) is 31.0 Å². The molecule has 5 heteroatoms. The van der Waals surface area contributed by atoms with Crippen molar-refractivity contribution in [3.05, 3.63) is 54.1 Å². The normalized spacial score (nSPS) is 12.3. The first kappa shape index (κ1) is 15.2. The minimum atomic E-state index is -0.674. The molecule has 0 bridgehead atoms. The molecular weight excluding hydrogens is 292 g/mol. The first-order valence-corrected chi connectivity index (χ1v) is 7.55. The first-order valence-electron chi connectivity index (χ1n) is 7.55. The van der Waals surface area contributed by atoms with Gasteiger partial charge < -0.3 is 15.0 Å². The monoisotopic (exact) mass is 310 g/mol. The van der Waals surface area contributed by atoms with Crippen molar-refractivity contribution in [2.45, 2.75) is 19.4 Å². The van der Waals surface area contributed by atoms with Crippen molar-refractivity contribution >= 4 is 16.9 Å². The number of nitrogens with zero attached hydrogens (tertiary/aromatic N) is 1. The fourth-order valence-corrected chi connectivity index (χ4v) is 2.50. The SMILES string of the molecule is CCOC(=O)C(N)Cc1ccc2noc(-c3ccccc3)c2c1. The Bertz CT molecular complexity index is 812. The van der Waals surface area contributed by atoms with E-state index in [0.717, 1.165) is 22.0 Å². The van der Waals surface area contributed by atoms with E-state index in [0.29, 0.717) is 18.8 Å². The summed E-state index contributed by atoms with van der Waals surface area (Å²) in [6.45, 7) is 2.09. The summed E-state index contributed by atoms with van der Waals surface area (Å²) in [6, 6.07) is 14.9. The van der Waals surface area contributed by atoms with Crippen LogP contribution in [0.15, 0.2) is 53.1 Å². The molecule has 0 saturated carbocycles. The quantitative estimate of drug-likeness (QED) is 0.733. The molecule has 0 amide bonds. The number of hydrogen-bond acceptors (Lipinski definition) is 5. The predicted molar refractivity (Wildman–Crippen MR) is 87.8 cm³/mol. The molecule has 1 aromatic heterocycles. The van der Waals surface area contributed by atoms with Gasteiger partial charge in [-0.15, -0.1) is 0 Å². The maximum absolute atomic E-state index is 11.7. The number of carbonyl (C=O) groups is 1. The van der Waals surface area contributed by atoms with Crippen LogP contribution in [-0.2, 0) is 16.0 Å². The topological polar surface area (TPSA) is 78.4 Å². The number of benzene rings is 2. The zero-order valence-corrected chi connectivity index (χ0v) is 12.9. The average Bonchev–Trinajstić information content (AvgIpc) is 2.99. The van der Waals surface area contributed by atoms with Crippen molar-refractivity contribution in [3.63, 3.8) is 0 Å². The second-order valence-electron chi connectivity index (χ2n) is 5.29. The molecule has 1 atom stereocenters. The van der Waals surface area contributed by atoms with Crippen LogP contribution in [0.25, 0.3) is 22.2 Å². The van der Waals surface area contributed by atoms with E-state index >= 15 is 0 Å². The van der Waals surface area contributed by atoms with Gasteiger partial charge in [0.1, 0.15) is 11.6 Å². The molecule has 2 N–H and O–H groups in total. The van der Waals surface area contributed by atoms with Crippen LogP contribution in [0, 0.1) is 0 Å². The number of carbonyl (C=O) groups excluding carboxylic acids is 1. The Morgan fingerprint density at radius 2 is 2.04 bits per heavy atom. The van der Waals surface area contributed by atoms with Gasteiger partial charge >= 0.3 is 5.97 Å². The van der Waals surface area contributed by atoms with E-state index < -0.39 is 6.04 Å².